The van der Waals surface area contributed by atoms with Gasteiger partial charge in [-0.2, -0.15) is 0 Å². The summed E-state index contributed by atoms with van der Waals surface area (Å²) >= 11 is 0. The molecule has 0 atom stereocenters. The molecule has 1 fully saturated rings. The van der Waals surface area contributed by atoms with Gasteiger partial charge in [0.05, 0.1) is 21.3 Å². The summed E-state index contributed by atoms with van der Waals surface area (Å²) in [5.41, 5.74) is 2.23. The van der Waals surface area contributed by atoms with Crippen molar-refractivity contribution < 1.29 is 28.8 Å². The molecule has 1 saturated heterocycles. The number of quaternary nitrogens is 2. The third-order valence-electron chi connectivity index (χ3n) is 5.63. The van der Waals surface area contributed by atoms with E-state index >= 15 is 0 Å². The highest BCUT2D eigenvalue weighted by Gasteiger charge is 2.25. The van der Waals surface area contributed by atoms with Gasteiger partial charge in [-0.1, -0.05) is 30.3 Å². The van der Waals surface area contributed by atoms with Gasteiger partial charge in [0.25, 0.3) is 5.91 Å². The predicted molar refractivity (Wildman–Crippen MR) is 114 cm³/mol. The summed E-state index contributed by atoms with van der Waals surface area (Å²) in [6.07, 6.45) is 0. The van der Waals surface area contributed by atoms with Crippen LogP contribution in [0.1, 0.15) is 11.1 Å². The number of carbonyl (C=O) groups excluding carboxylic acids is 1. The average molecular weight is 416 g/mol. The van der Waals surface area contributed by atoms with Crippen molar-refractivity contribution in [2.75, 3.05) is 54.1 Å². The molecular weight excluding hydrogens is 382 g/mol. The van der Waals surface area contributed by atoms with Crippen molar-refractivity contribution >= 4 is 5.91 Å². The van der Waals surface area contributed by atoms with Crippen LogP contribution in [0.4, 0.5) is 0 Å². The zero-order valence-corrected chi connectivity index (χ0v) is 18.1. The van der Waals surface area contributed by atoms with E-state index in [9.17, 15) is 4.79 Å². The van der Waals surface area contributed by atoms with Gasteiger partial charge in [-0.25, -0.2) is 0 Å². The Morgan fingerprint density at radius 3 is 2.10 bits per heavy atom. The van der Waals surface area contributed by atoms with Crippen LogP contribution in [0.3, 0.4) is 0 Å². The minimum Gasteiger partial charge on any atom is -0.496 e. The molecule has 1 heterocycles. The molecule has 2 aromatic rings. The van der Waals surface area contributed by atoms with Crippen molar-refractivity contribution in [1.29, 1.82) is 0 Å². The molecule has 0 aromatic heterocycles. The third-order valence-corrected chi connectivity index (χ3v) is 5.63. The summed E-state index contributed by atoms with van der Waals surface area (Å²) in [5.74, 6) is 1.93. The van der Waals surface area contributed by atoms with Crippen LogP contribution >= 0.6 is 0 Å². The van der Waals surface area contributed by atoms with E-state index in [4.69, 9.17) is 14.2 Å². The van der Waals surface area contributed by atoms with Crippen LogP contribution in [0.25, 0.3) is 0 Å². The smallest absolute Gasteiger partial charge is 0.275 e. The Bertz CT molecular complexity index is 821. The van der Waals surface area contributed by atoms with E-state index in [1.54, 1.807) is 32.3 Å². The molecule has 7 heteroatoms. The van der Waals surface area contributed by atoms with Crippen LogP contribution < -0.4 is 29.3 Å². The Kier molecular flexibility index (Phi) is 7.93. The second-order valence-electron chi connectivity index (χ2n) is 7.63. The first kappa shape index (κ1) is 21.9. The summed E-state index contributed by atoms with van der Waals surface area (Å²) in [6, 6.07) is 14.2. The van der Waals surface area contributed by atoms with Crippen molar-refractivity contribution in [2.45, 2.75) is 13.1 Å². The number of nitrogens with one attached hydrogen (secondary N) is 3. The molecule has 1 amide bonds. The van der Waals surface area contributed by atoms with Gasteiger partial charge < -0.3 is 29.3 Å². The van der Waals surface area contributed by atoms with Crippen molar-refractivity contribution in [2.24, 2.45) is 0 Å². The molecule has 0 spiro atoms. The Morgan fingerprint density at radius 1 is 0.867 bits per heavy atom. The Balaban J connectivity index is 1.46. The van der Waals surface area contributed by atoms with Crippen LogP contribution in [-0.2, 0) is 17.9 Å². The molecule has 30 heavy (non-hydrogen) atoms. The molecule has 0 radical (unpaired) electrons. The number of carbonyl (C=O) groups is 1. The Labute approximate surface area is 178 Å². The zero-order chi connectivity index (χ0) is 21.3. The molecule has 0 bridgehead atoms. The lowest BCUT2D eigenvalue weighted by Crippen LogP contribution is -3.28. The molecular formula is C23H33N3O4+2. The lowest BCUT2D eigenvalue weighted by molar-refractivity contribution is -1.02. The van der Waals surface area contributed by atoms with Crippen LogP contribution in [0.15, 0.2) is 42.5 Å². The predicted octanol–water partition coefficient (Wildman–Crippen LogP) is -0.688. The maximum atomic E-state index is 12.5. The number of piperazine rings is 1. The standard InChI is InChI=1S/C23H31N3O4/c1-28-20-14-22(30-3)21(29-2)13-19(20)15-24-23(27)17-26-11-9-25(10-12-26)16-18-7-5-4-6-8-18/h4-8,13-14H,9-12,15-17H2,1-3H3,(H,24,27)/p+2. The fraction of sp³-hybridized carbons (Fsp3) is 0.435. The highest BCUT2D eigenvalue weighted by molar-refractivity contribution is 5.77. The van der Waals surface area contributed by atoms with E-state index in [1.807, 2.05) is 6.07 Å². The van der Waals surface area contributed by atoms with Crippen molar-refractivity contribution in [3.8, 4) is 17.2 Å². The van der Waals surface area contributed by atoms with E-state index in [1.165, 1.54) is 10.5 Å². The average Bonchev–Trinajstić information content (AvgIpc) is 2.79. The lowest BCUT2D eigenvalue weighted by Gasteiger charge is -2.29. The summed E-state index contributed by atoms with van der Waals surface area (Å²) in [7, 11) is 4.78. The maximum absolute atomic E-state index is 12.5. The summed E-state index contributed by atoms with van der Waals surface area (Å²) < 4.78 is 16.1. The van der Waals surface area contributed by atoms with Gasteiger partial charge in [-0.05, 0) is 6.07 Å². The maximum Gasteiger partial charge on any atom is 0.275 e. The van der Waals surface area contributed by atoms with Gasteiger partial charge >= 0.3 is 0 Å². The molecule has 0 aliphatic carbocycles. The number of benzene rings is 2. The van der Waals surface area contributed by atoms with Gasteiger partial charge in [0, 0.05) is 23.7 Å². The normalized spacial score (nSPS) is 18.5. The van der Waals surface area contributed by atoms with E-state index in [0.29, 0.717) is 30.3 Å². The topological polar surface area (TPSA) is 65.7 Å². The zero-order valence-electron chi connectivity index (χ0n) is 18.1. The molecule has 3 rings (SSSR count). The van der Waals surface area contributed by atoms with E-state index in [0.717, 1.165) is 38.3 Å². The molecule has 2 aromatic carbocycles. The molecule has 0 saturated carbocycles. The van der Waals surface area contributed by atoms with Crippen LogP contribution in [0.5, 0.6) is 17.2 Å². The largest absolute Gasteiger partial charge is 0.496 e. The quantitative estimate of drug-likeness (QED) is 0.508. The number of hydrogen-bond acceptors (Lipinski definition) is 4. The Morgan fingerprint density at radius 2 is 1.47 bits per heavy atom. The first-order valence-electron chi connectivity index (χ1n) is 10.4. The fourth-order valence-corrected chi connectivity index (χ4v) is 3.91. The Hall–Kier alpha value is -2.77. The first-order chi connectivity index (χ1) is 14.6. The lowest BCUT2D eigenvalue weighted by atomic mass is 10.1. The highest BCUT2D eigenvalue weighted by Crippen LogP contribution is 2.34. The molecule has 1 aliphatic rings. The van der Waals surface area contributed by atoms with Crippen molar-refractivity contribution in [3.63, 3.8) is 0 Å². The van der Waals surface area contributed by atoms with Gasteiger partial charge in [0.15, 0.2) is 18.0 Å². The van der Waals surface area contributed by atoms with Crippen molar-refractivity contribution in [1.82, 2.24) is 5.32 Å². The van der Waals surface area contributed by atoms with E-state index in [-0.39, 0.29) is 5.91 Å². The monoisotopic (exact) mass is 415 g/mol. The highest BCUT2D eigenvalue weighted by atomic mass is 16.5. The number of methoxy groups -OCH3 is 3. The number of hydrogen-bond donors (Lipinski definition) is 3. The molecule has 0 unspecified atom stereocenters. The van der Waals surface area contributed by atoms with E-state index < -0.39 is 0 Å². The summed E-state index contributed by atoms with van der Waals surface area (Å²) in [6.45, 7) is 6.13. The third kappa shape index (κ3) is 5.87. The number of ether oxygens (including phenoxy) is 3. The van der Waals surface area contributed by atoms with Gasteiger partial charge in [0.2, 0.25) is 0 Å². The SMILES string of the molecule is COc1cc(OC)c(OC)cc1CNC(=O)C[NH+]1CC[NH+](Cc2ccccc2)CC1. The number of rotatable bonds is 9. The fourth-order valence-electron chi connectivity index (χ4n) is 3.91. The second kappa shape index (κ2) is 10.8. The minimum atomic E-state index is 0.0494. The first-order valence-corrected chi connectivity index (χ1v) is 10.4. The summed E-state index contributed by atoms with van der Waals surface area (Å²) in [5, 5.41) is 3.02. The van der Waals surface area contributed by atoms with Crippen LogP contribution in [-0.4, -0.2) is 60.0 Å². The molecule has 1 aliphatic heterocycles. The number of amides is 1. The van der Waals surface area contributed by atoms with Gasteiger partial charge in [-0.15, -0.1) is 0 Å². The molecule has 3 N–H and O–H groups in total. The van der Waals surface area contributed by atoms with Crippen molar-refractivity contribution in [3.05, 3.63) is 53.6 Å². The molecule has 162 valence electrons. The van der Waals surface area contributed by atoms with Gasteiger partial charge in [-0.3, -0.25) is 4.79 Å². The molecule has 7 nitrogen and oxygen atoms in total. The van der Waals surface area contributed by atoms with Crippen LogP contribution in [0.2, 0.25) is 0 Å². The summed E-state index contributed by atoms with van der Waals surface area (Å²) in [4.78, 5) is 15.4. The van der Waals surface area contributed by atoms with Gasteiger partial charge in [0.1, 0.15) is 38.5 Å². The van der Waals surface area contributed by atoms with E-state index in [2.05, 4.69) is 35.6 Å². The van der Waals surface area contributed by atoms with Crippen LogP contribution in [0, 0.1) is 0 Å². The second-order valence-corrected chi connectivity index (χ2v) is 7.63. The minimum absolute atomic E-state index is 0.0494.